The van der Waals surface area contributed by atoms with Gasteiger partial charge in [-0.1, -0.05) is 27.2 Å². The molecule has 0 aromatic carbocycles. The molecular weight excluding hydrogens is 208 g/mol. The Morgan fingerprint density at radius 1 is 1.35 bits per heavy atom. The second kappa shape index (κ2) is 5.71. The van der Waals surface area contributed by atoms with Crippen molar-refractivity contribution in [3.8, 4) is 0 Å². The average molecular weight is 238 g/mol. The van der Waals surface area contributed by atoms with E-state index in [1.54, 1.807) is 0 Å². The van der Waals surface area contributed by atoms with Crippen molar-refractivity contribution in [2.24, 2.45) is 11.3 Å². The van der Waals surface area contributed by atoms with E-state index in [-0.39, 0.29) is 0 Å². The van der Waals surface area contributed by atoms with Crippen LogP contribution in [-0.2, 0) is 0 Å². The largest absolute Gasteiger partial charge is 0.314 e. The van der Waals surface area contributed by atoms with Crippen molar-refractivity contribution in [2.75, 3.05) is 26.2 Å². The fourth-order valence-electron chi connectivity index (χ4n) is 3.49. The van der Waals surface area contributed by atoms with Crippen LogP contribution in [0.3, 0.4) is 0 Å². The lowest BCUT2D eigenvalue weighted by Gasteiger charge is -2.46. The fourth-order valence-corrected chi connectivity index (χ4v) is 3.49. The predicted octanol–water partition coefficient (Wildman–Crippen LogP) is 2.89. The fraction of sp³-hybridized carbons (Fsp3) is 1.00. The Bertz CT molecular complexity index is 235. The molecule has 2 aliphatic rings. The van der Waals surface area contributed by atoms with Crippen LogP contribution in [-0.4, -0.2) is 37.1 Å². The molecule has 100 valence electrons. The van der Waals surface area contributed by atoms with Gasteiger partial charge in [0.25, 0.3) is 0 Å². The molecule has 0 amide bonds. The smallest absolute Gasteiger partial charge is 0.0117 e. The van der Waals surface area contributed by atoms with E-state index in [1.807, 2.05) is 0 Å². The van der Waals surface area contributed by atoms with Crippen LogP contribution in [0, 0.1) is 11.3 Å². The van der Waals surface area contributed by atoms with Gasteiger partial charge in [0.15, 0.2) is 0 Å². The topological polar surface area (TPSA) is 15.3 Å². The molecule has 1 N–H and O–H groups in total. The zero-order chi connectivity index (χ0) is 12.3. The Morgan fingerprint density at radius 2 is 2.12 bits per heavy atom. The van der Waals surface area contributed by atoms with Gasteiger partial charge in [0.05, 0.1) is 0 Å². The highest BCUT2D eigenvalue weighted by molar-refractivity contribution is 4.90. The number of rotatable bonds is 5. The maximum Gasteiger partial charge on any atom is 0.0117 e. The molecular formula is C15H30N2. The maximum atomic E-state index is 3.71. The van der Waals surface area contributed by atoms with Crippen molar-refractivity contribution < 1.29 is 0 Å². The monoisotopic (exact) mass is 238 g/mol. The Kier molecular flexibility index (Phi) is 4.48. The van der Waals surface area contributed by atoms with Crippen LogP contribution in [0.15, 0.2) is 0 Å². The molecule has 2 heteroatoms. The summed E-state index contributed by atoms with van der Waals surface area (Å²) in [5.74, 6) is 0.818. The lowest BCUT2D eigenvalue weighted by Crippen LogP contribution is -2.51. The van der Waals surface area contributed by atoms with Crippen LogP contribution in [0.2, 0.25) is 0 Å². The summed E-state index contributed by atoms with van der Waals surface area (Å²) in [4.78, 5) is 2.72. The van der Waals surface area contributed by atoms with E-state index < -0.39 is 0 Å². The molecule has 17 heavy (non-hydrogen) atoms. The zero-order valence-corrected chi connectivity index (χ0v) is 12.0. The molecule has 0 aromatic heterocycles. The van der Waals surface area contributed by atoms with Crippen molar-refractivity contribution in [1.82, 2.24) is 10.2 Å². The van der Waals surface area contributed by atoms with Crippen molar-refractivity contribution in [1.29, 1.82) is 0 Å². The molecule has 0 bridgehead atoms. The summed E-state index contributed by atoms with van der Waals surface area (Å²) in [6.45, 7) is 12.3. The Balaban J connectivity index is 1.74. The number of nitrogens with zero attached hydrogens (tertiary/aromatic N) is 1. The van der Waals surface area contributed by atoms with Gasteiger partial charge in [0.1, 0.15) is 0 Å². The van der Waals surface area contributed by atoms with Gasteiger partial charge in [-0.25, -0.2) is 0 Å². The van der Waals surface area contributed by atoms with Gasteiger partial charge < -0.3 is 10.2 Å². The SMILES string of the molecule is CCCNC1CCN(CC2(C)CCC2)CC1C. The third-order valence-electron chi connectivity index (χ3n) is 4.81. The van der Waals surface area contributed by atoms with Crippen LogP contribution in [0.4, 0.5) is 0 Å². The predicted molar refractivity (Wildman–Crippen MR) is 74.3 cm³/mol. The number of hydrogen-bond donors (Lipinski definition) is 1. The maximum absolute atomic E-state index is 3.71. The van der Waals surface area contributed by atoms with E-state index in [4.69, 9.17) is 0 Å². The van der Waals surface area contributed by atoms with Crippen LogP contribution in [0.5, 0.6) is 0 Å². The van der Waals surface area contributed by atoms with Crippen molar-refractivity contribution in [2.45, 2.75) is 58.9 Å². The molecule has 2 rings (SSSR count). The molecule has 2 fully saturated rings. The molecule has 1 aliphatic heterocycles. The lowest BCUT2D eigenvalue weighted by molar-refractivity contribution is 0.0518. The van der Waals surface area contributed by atoms with Gasteiger partial charge in [0.2, 0.25) is 0 Å². The first-order valence-electron chi connectivity index (χ1n) is 7.59. The molecule has 0 radical (unpaired) electrons. The summed E-state index contributed by atoms with van der Waals surface area (Å²) in [6, 6.07) is 0.764. The molecule has 1 aliphatic carbocycles. The molecule has 1 heterocycles. The standard InChI is InChI=1S/C15H30N2/c1-4-9-16-14-6-10-17(11-13(14)2)12-15(3)7-5-8-15/h13-14,16H,4-12H2,1-3H3. The van der Waals surface area contributed by atoms with Crippen molar-refractivity contribution >= 4 is 0 Å². The second-order valence-corrected chi connectivity index (χ2v) is 6.73. The van der Waals surface area contributed by atoms with E-state index in [1.165, 1.54) is 58.3 Å². The Morgan fingerprint density at radius 3 is 2.65 bits per heavy atom. The summed E-state index contributed by atoms with van der Waals surface area (Å²) in [7, 11) is 0. The van der Waals surface area contributed by atoms with Gasteiger partial charge in [-0.15, -0.1) is 0 Å². The Labute approximate surface area is 107 Å². The van der Waals surface area contributed by atoms with Gasteiger partial charge in [-0.3, -0.25) is 0 Å². The van der Waals surface area contributed by atoms with Crippen LogP contribution >= 0.6 is 0 Å². The lowest BCUT2D eigenvalue weighted by atomic mass is 9.70. The van der Waals surface area contributed by atoms with Crippen LogP contribution < -0.4 is 5.32 Å². The van der Waals surface area contributed by atoms with Gasteiger partial charge >= 0.3 is 0 Å². The van der Waals surface area contributed by atoms with Gasteiger partial charge in [-0.05, 0) is 50.1 Å². The van der Waals surface area contributed by atoms with Gasteiger partial charge in [0, 0.05) is 19.1 Å². The molecule has 2 unspecified atom stereocenters. The first-order valence-corrected chi connectivity index (χ1v) is 7.59. The number of nitrogens with one attached hydrogen (secondary N) is 1. The summed E-state index contributed by atoms with van der Waals surface area (Å²) < 4.78 is 0. The minimum atomic E-state index is 0.656. The van der Waals surface area contributed by atoms with Gasteiger partial charge in [-0.2, -0.15) is 0 Å². The summed E-state index contributed by atoms with van der Waals surface area (Å²) >= 11 is 0. The molecule has 0 aromatic rings. The van der Waals surface area contributed by atoms with Crippen molar-refractivity contribution in [3.63, 3.8) is 0 Å². The van der Waals surface area contributed by atoms with E-state index in [0.29, 0.717) is 5.41 Å². The second-order valence-electron chi connectivity index (χ2n) is 6.73. The highest BCUT2D eigenvalue weighted by atomic mass is 15.2. The highest BCUT2D eigenvalue weighted by Gasteiger charge is 2.35. The minimum absolute atomic E-state index is 0.656. The number of piperidine rings is 1. The summed E-state index contributed by atoms with van der Waals surface area (Å²) in [5, 5.41) is 3.71. The summed E-state index contributed by atoms with van der Waals surface area (Å²) in [6.07, 6.45) is 6.97. The first kappa shape index (κ1) is 13.4. The Hall–Kier alpha value is -0.0800. The molecule has 0 spiro atoms. The van der Waals surface area contributed by atoms with E-state index in [0.717, 1.165) is 12.0 Å². The third-order valence-corrected chi connectivity index (χ3v) is 4.81. The van der Waals surface area contributed by atoms with Crippen molar-refractivity contribution in [3.05, 3.63) is 0 Å². The van der Waals surface area contributed by atoms with E-state index >= 15 is 0 Å². The van der Waals surface area contributed by atoms with Crippen LogP contribution in [0.1, 0.15) is 52.9 Å². The number of hydrogen-bond acceptors (Lipinski definition) is 2. The average Bonchev–Trinajstić information content (AvgIpc) is 2.26. The highest BCUT2D eigenvalue weighted by Crippen LogP contribution is 2.41. The quantitative estimate of drug-likeness (QED) is 0.792. The molecule has 1 saturated carbocycles. The number of likely N-dealkylation sites (tertiary alicyclic amines) is 1. The molecule has 1 saturated heterocycles. The van der Waals surface area contributed by atoms with Crippen LogP contribution in [0.25, 0.3) is 0 Å². The minimum Gasteiger partial charge on any atom is -0.314 e. The third kappa shape index (κ3) is 3.45. The molecule has 2 atom stereocenters. The summed E-state index contributed by atoms with van der Waals surface area (Å²) in [5.41, 5.74) is 0.656. The zero-order valence-electron chi connectivity index (χ0n) is 12.0. The normalized spacial score (nSPS) is 33.4. The van der Waals surface area contributed by atoms with E-state index in [9.17, 15) is 0 Å². The molecule has 2 nitrogen and oxygen atoms in total. The van der Waals surface area contributed by atoms with E-state index in [2.05, 4.69) is 31.0 Å². The first-order chi connectivity index (χ1) is 8.13.